The van der Waals surface area contributed by atoms with Crippen LogP contribution in [0.5, 0.6) is 5.88 Å². The van der Waals surface area contributed by atoms with Gasteiger partial charge in [-0.3, -0.25) is 9.69 Å². The van der Waals surface area contributed by atoms with E-state index in [9.17, 15) is 18.0 Å². The topological polar surface area (TPSA) is 68.2 Å². The smallest absolute Gasteiger partial charge is 0.416 e. The van der Waals surface area contributed by atoms with E-state index in [1.54, 1.807) is 31.2 Å². The number of carbonyl (C=O) groups is 1. The third-order valence-corrected chi connectivity index (χ3v) is 6.26. The van der Waals surface area contributed by atoms with Gasteiger partial charge in [0.2, 0.25) is 23.2 Å². The molecule has 0 aliphatic carbocycles. The van der Waals surface area contributed by atoms with Crippen molar-refractivity contribution in [2.45, 2.75) is 50.7 Å². The van der Waals surface area contributed by atoms with Crippen LogP contribution < -0.4 is 9.64 Å². The number of rotatable bonds is 6. The molecule has 1 amide bonds. The van der Waals surface area contributed by atoms with E-state index in [1.165, 1.54) is 28.8 Å². The molecule has 1 aliphatic rings. The monoisotopic (exact) mass is 488 g/mol. The summed E-state index contributed by atoms with van der Waals surface area (Å²) in [6.45, 7) is 3.80. The zero-order chi connectivity index (χ0) is 24.3. The van der Waals surface area contributed by atoms with E-state index >= 15 is 0 Å². The molecule has 0 fully saturated rings. The number of nitrogens with zero attached hydrogens (tertiary/aromatic N) is 4. The number of hydrogen-bond acceptors (Lipinski definition) is 6. The molecule has 1 atom stereocenters. The molecule has 0 unspecified atom stereocenters. The fraction of sp³-hybridized carbons (Fsp3) is 0.333. The lowest BCUT2D eigenvalue weighted by atomic mass is 10.1. The summed E-state index contributed by atoms with van der Waals surface area (Å²) in [6.07, 6.45) is -3.31. The Bertz CT molecular complexity index is 1170. The minimum absolute atomic E-state index is 0.169. The summed E-state index contributed by atoms with van der Waals surface area (Å²) in [6, 6.07) is 11.7. The second-order valence-corrected chi connectivity index (χ2v) is 8.74. The number of fused-ring (bicyclic) bond motifs is 3. The average molecular weight is 489 g/mol. The molecule has 2 aromatic carbocycles. The summed E-state index contributed by atoms with van der Waals surface area (Å²) < 4.78 is 45.6. The van der Waals surface area contributed by atoms with Crippen molar-refractivity contribution in [3.63, 3.8) is 0 Å². The van der Waals surface area contributed by atoms with Gasteiger partial charge in [0.1, 0.15) is 0 Å². The van der Waals surface area contributed by atoms with Gasteiger partial charge in [0, 0.05) is 23.3 Å². The minimum Gasteiger partial charge on any atom is -0.447 e. The number of aromatic nitrogens is 3. The maximum atomic E-state index is 13.1. The van der Waals surface area contributed by atoms with Gasteiger partial charge >= 0.3 is 6.18 Å². The van der Waals surface area contributed by atoms with E-state index in [0.717, 1.165) is 30.7 Å². The van der Waals surface area contributed by atoms with Gasteiger partial charge in [-0.15, -0.1) is 10.2 Å². The molecule has 178 valence electrons. The first-order valence-corrected chi connectivity index (χ1v) is 11.9. The van der Waals surface area contributed by atoms with Crippen molar-refractivity contribution in [1.82, 2.24) is 15.2 Å². The Hall–Kier alpha value is -3.14. The van der Waals surface area contributed by atoms with Gasteiger partial charge in [-0.2, -0.15) is 18.2 Å². The Morgan fingerprint density at radius 3 is 2.50 bits per heavy atom. The Kier molecular flexibility index (Phi) is 7.06. The summed E-state index contributed by atoms with van der Waals surface area (Å²) in [5, 5.41) is 9.01. The van der Waals surface area contributed by atoms with Crippen LogP contribution in [0.4, 0.5) is 18.9 Å². The Balaban J connectivity index is 1.84. The van der Waals surface area contributed by atoms with E-state index in [2.05, 4.69) is 22.1 Å². The number of amides is 1. The van der Waals surface area contributed by atoms with E-state index in [4.69, 9.17) is 4.74 Å². The summed E-state index contributed by atoms with van der Waals surface area (Å²) in [5.74, 6) is 0.740. The maximum absolute atomic E-state index is 13.1. The van der Waals surface area contributed by atoms with Gasteiger partial charge < -0.3 is 4.74 Å². The van der Waals surface area contributed by atoms with Crippen LogP contribution >= 0.6 is 11.8 Å². The van der Waals surface area contributed by atoms with Crippen molar-refractivity contribution >= 4 is 23.4 Å². The molecule has 0 bridgehead atoms. The Labute approximate surface area is 199 Å². The van der Waals surface area contributed by atoms with Gasteiger partial charge in [0.15, 0.2) is 5.69 Å². The number of unbranched alkanes of at least 4 members (excludes halogenated alkanes) is 1. The fourth-order valence-electron chi connectivity index (χ4n) is 3.58. The third kappa shape index (κ3) is 4.86. The van der Waals surface area contributed by atoms with Crippen molar-refractivity contribution in [2.24, 2.45) is 0 Å². The number of ether oxygens (including phenoxy) is 1. The SMILES string of the molecule is CCCCSc1nnc2c(n1)O[C@H](c1ccc(C(F)(F)F)cc1)N(C(=O)CC)c1ccccc1-2. The van der Waals surface area contributed by atoms with Crippen LogP contribution in [0.2, 0.25) is 0 Å². The molecule has 1 aliphatic heterocycles. The number of halogens is 3. The average Bonchev–Trinajstić information content (AvgIpc) is 2.98. The molecular formula is C24H23F3N4O2S. The van der Waals surface area contributed by atoms with E-state index in [0.29, 0.717) is 27.7 Å². The van der Waals surface area contributed by atoms with Crippen molar-refractivity contribution < 1.29 is 22.7 Å². The van der Waals surface area contributed by atoms with Gasteiger partial charge in [-0.25, -0.2) is 0 Å². The standard InChI is InChI=1S/C24H23F3N4O2S/c1-3-5-14-34-23-28-21-20(29-30-23)17-8-6-7-9-18(17)31(19(32)4-2)22(33-21)15-10-12-16(13-11-15)24(25,26)27/h6-13,22H,3-5,14H2,1-2H3/t22-/m1/s1. The highest BCUT2D eigenvalue weighted by Gasteiger charge is 2.36. The number of para-hydroxylation sites is 1. The number of alkyl halides is 3. The van der Waals surface area contributed by atoms with Crippen LogP contribution in [0.3, 0.4) is 0 Å². The van der Waals surface area contributed by atoms with Crippen molar-refractivity contribution in [1.29, 1.82) is 0 Å². The molecule has 4 rings (SSSR count). The molecule has 0 spiro atoms. The minimum atomic E-state index is -4.47. The third-order valence-electron chi connectivity index (χ3n) is 5.34. The highest BCUT2D eigenvalue weighted by Crippen LogP contribution is 2.44. The number of hydrogen-bond donors (Lipinski definition) is 0. The first-order chi connectivity index (χ1) is 16.3. The van der Waals surface area contributed by atoms with Gasteiger partial charge in [0.25, 0.3) is 0 Å². The van der Waals surface area contributed by atoms with Crippen LogP contribution in [0.15, 0.2) is 53.7 Å². The predicted octanol–water partition coefficient (Wildman–Crippen LogP) is 6.28. The normalized spacial score (nSPS) is 15.2. The van der Waals surface area contributed by atoms with Gasteiger partial charge in [-0.1, -0.05) is 62.4 Å². The Morgan fingerprint density at radius 1 is 1.09 bits per heavy atom. The molecule has 2 heterocycles. The highest BCUT2D eigenvalue weighted by molar-refractivity contribution is 7.99. The van der Waals surface area contributed by atoms with Crippen molar-refractivity contribution in [2.75, 3.05) is 10.7 Å². The van der Waals surface area contributed by atoms with Crippen LogP contribution in [-0.2, 0) is 11.0 Å². The van der Waals surface area contributed by atoms with Crippen LogP contribution in [-0.4, -0.2) is 26.8 Å². The zero-order valence-corrected chi connectivity index (χ0v) is 19.5. The van der Waals surface area contributed by atoms with Crippen molar-refractivity contribution in [3.05, 3.63) is 59.7 Å². The second kappa shape index (κ2) is 10.0. The molecule has 0 radical (unpaired) electrons. The molecule has 3 aromatic rings. The zero-order valence-electron chi connectivity index (χ0n) is 18.7. The summed E-state index contributed by atoms with van der Waals surface area (Å²) in [7, 11) is 0. The Morgan fingerprint density at radius 2 is 1.82 bits per heavy atom. The van der Waals surface area contributed by atoms with Gasteiger partial charge in [-0.05, 0) is 24.6 Å². The molecule has 34 heavy (non-hydrogen) atoms. The predicted molar refractivity (Wildman–Crippen MR) is 123 cm³/mol. The summed E-state index contributed by atoms with van der Waals surface area (Å²) in [5.41, 5.74) is 1.12. The molecule has 0 N–H and O–H groups in total. The molecule has 10 heteroatoms. The number of anilines is 1. The van der Waals surface area contributed by atoms with Crippen LogP contribution in [0.25, 0.3) is 11.3 Å². The number of benzene rings is 2. The molecule has 0 saturated carbocycles. The first-order valence-electron chi connectivity index (χ1n) is 11.0. The van der Waals surface area contributed by atoms with Gasteiger partial charge in [0.05, 0.1) is 11.3 Å². The van der Waals surface area contributed by atoms with Crippen LogP contribution in [0, 0.1) is 0 Å². The van der Waals surface area contributed by atoms with Crippen molar-refractivity contribution in [3.8, 4) is 17.1 Å². The lowest BCUT2D eigenvalue weighted by molar-refractivity contribution is -0.137. The summed E-state index contributed by atoms with van der Waals surface area (Å²) >= 11 is 1.45. The van der Waals surface area contributed by atoms with Crippen LogP contribution in [0.1, 0.15) is 50.5 Å². The highest BCUT2D eigenvalue weighted by atomic mass is 32.2. The quantitative estimate of drug-likeness (QED) is 0.300. The number of carbonyl (C=O) groups excluding carboxylic acids is 1. The van der Waals surface area contributed by atoms with E-state index in [1.807, 2.05) is 0 Å². The first kappa shape index (κ1) is 24.0. The number of thioether (sulfide) groups is 1. The maximum Gasteiger partial charge on any atom is 0.416 e. The summed E-state index contributed by atoms with van der Waals surface area (Å²) in [4.78, 5) is 19.1. The van der Waals surface area contributed by atoms with E-state index in [-0.39, 0.29) is 18.2 Å². The fourth-order valence-corrected chi connectivity index (χ4v) is 4.44. The second-order valence-electron chi connectivity index (χ2n) is 7.67. The molecule has 0 saturated heterocycles. The van der Waals surface area contributed by atoms with E-state index < -0.39 is 18.0 Å². The molecular weight excluding hydrogens is 465 g/mol. The molecule has 1 aromatic heterocycles. The lowest BCUT2D eigenvalue weighted by Gasteiger charge is -2.30. The molecule has 6 nitrogen and oxygen atoms in total. The largest absolute Gasteiger partial charge is 0.447 e. The lowest BCUT2D eigenvalue weighted by Crippen LogP contribution is -2.37.